The van der Waals surface area contributed by atoms with Crippen molar-refractivity contribution in [3.8, 4) is 0 Å². The highest BCUT2D eigenvalue weighted by Gasteiger charge is 2.22. The van der Waals surface area contributed by atoms with Gasteiger partial charge in [0.25, 0.3) is 0 Å². The Kier molecular flexibility index (Phi) is 7.52. The molecule has 2 aliphatic rings. The van der Waals surface area contributed by atoms with Crippen LogP contribution in [0.4, 0.5) is 4.39 Å². The lowest BCUT2D eigenvalue weighted by Crippen LogP contribution is -2.44. The molecule has 0 aromatic heterocycles. The summed E-state index contributed by atoms with van der Waals surface area (Å²) >= 11 is 0. The predicted octanol–water partition coefficient (Wildman–Crippen LogP) is 5.34. The maximum absolute atomic E-state index is 14.0. The van der Waals surface area contributed by atoms with E-state index in [4.69, 9.17) is 4.74 Å². The van der Waals surface area contributed by atoms with Gasteiger partial charge in [0.15, 0.2) is 0 Å². The fourth-order valence-electron chi connectivity index (χ4n) is 2.93. The number of hydrogen-bond acceptors (Lipinski definition) is 3. The summed E-state index contributed by atoms with van der Waals surface area (Å²) < 4.78 is 19.7. The van der Waals surface area contributed by atoms with Crippen molar-refractivity contribution in [3.63, 3.8) is 0 Å². The second kappa shape index (κ2) is 9.63. The maximum Gasteiger partial charge on any atom is 0.122 e. The molecule has 2 rings (SSSR count). The summed E-state index contributed by atoms with van der Waals surface area (Å²) in [7, 11) is 0. The lowest BCUT2D eigenvalue weighted by atomic mass is 10.1. The van der Waals surface area contributed by atoms with Gasteiger partial charge in [0.1, 0.15) is 11.6 Å². The van der Waals surface area contributed by atoms with Gasteiger partial charge < -0.3 is 14.5 Å². The average molecular weight is 373 g/mol. The van der Waals surface area contributed by atoms with E-state index >= 15 is 0 Å². The number of piperazine rings is 1. The van der Waals surface area contributed by atoms with Gasteiger partial charge in [-0.25, -0.2) is 4.39 Å². The Balaban J connectivity index is 1.89. The largest absolute Gasteiger partial charge is 0.494 e. The van der Waals surface area contributed by atoms with Crippen LogP contribution < -0.4 is 0 Å². The lowest BCUT2D eigenvalue weighted by molar-refractivity contribution is 0.190. The molecule has 0 spiro atoms. The fourth-order valence-corrected chi connectivity index (χ4v) is 2.93. The van der Waals surface area contributed by atoms with Gasteiger partial charge in [0, 0.05) is 37.6 Å². The molecule has 0 N–H and O–H groups in total. The molecule has 2 fully saturated rings. The Morgan fingerprint density at radius 3 is 2.15 bits per heavy atom. The molecule has 0 radical (unpaired) electrons. The van der Waals surface area contributed by atoms with Gasteiger partial charge in [-0.05, 0) is 62.8 Å². The number of ether oxygens (including phenoxy) is 1. The lowest BCUT2D eigenvalue weighted by Gasteiger charge is -2.39. The van der Waals surface area contributed by atoms with Crippen LogP contribution in [0, 0.1) is 5.92 Å². The molecular formula is C23H33FN2O. The SMILES string of the molecule is C=C/C(=C\C(F)=C(C)C)C(=C)N1CCN(/C(C)=C/C(=C)OCC2CC2)CC1. The van der Waals surface area contributed by atoms with Crippen LogP contribution in [0.3, 0.4) is 0 Å². The minimum absolute atomic E-state index is 0.229. The first kappa shape index (κ1) is 21.1. The summed E-state index contributed by atoms with van der Waals surface area (Å²) in [5, 5.41) is 0. The zero-order valence-corrected chi connectivity index (χ0v) is 17.1. The van der Waals surface area contributed by atoms with Crippen molar-refractivity contribution in [3.05, 3.63) is 72.1 Å². The standard InChI is InChI=1S/C23H33FN2O/c1-7-22(15-23(24)17(2)3)20(6)26-12-10-25(11-13-26)18(4)14-19(5)27-16-21-8-9-21/h7,14-15,21H,1,5-6,8-13,16H2,2-4H3/b18-14+,22-15+. The van der Waals surface area contributed by atoms with Gasteiger partial charge in [-0.3, -0.25) is 0 Å². The molecule has 0 bridgehead atoms. The Morgan fingerprint density at radius 2 is 1.63 bits per heavy atom. The number of allylic oxidation sites excluding steroid dienone is 6. The number of hydrogen-bond donors (Lipinski definition) is 0. The van der Waals surface area contributed by atoms with E-state index in [0.717, 1.165) is 61.4 Å². The van der Waals surface area contributed by atoms with Gasteiger partial charge in [0.05, 0.1) is 6.61 Å². The third kappa shape index (κ3) is 6.46. The van der Waals surface area contributed by atoms with Crippen molar-refractivity contribution in [1.82, 2.24) is 9.80 Å². The molecule has 0 unspecified atom stereocenters. The van der Waals surface area contributed by atoms with Gasteiger partial charge in [0.2, 0.25) is 0 Å². The molecule has 0 amide bonds. The highest BCUT2D eigenvalue weighted by atomic mass is 19.1. The number of nitrogens with zero attached hydrogens (tertiary/aromatic N) is 2. The second-order valence-electron chi connectivity index (χ2n) is 7.58. The summed E-state index contributed by atoms with van der Waals surface area (Å²) in [4.78, 5) is 4.51. The molecule has 4 heteroatoms. The minimum Gasteiger partial charge on any atom is -0.494 e. The first-order valence-electron chi connectivity index (χ1n) is 9.68. The molecule has 0 atom stereocenters. The number of halogens is 1. The Hall–Kier alpha value is -2.23. The van der Waals surface area contributed by atoms with Crippen molar-refractivity contribution < 1.29 is 9.13 Å². The zero-order chi connectivity index (χ0) is 20.0. The Bertz CT molecular complexity index is 670. The molecule has 148 valence electrons. The van der Waals surface area contributed by atoms with Crippen molar-refractivity contribution in [2.24, 2.45) is 5.92 Å². The van der Waals surface area contributed by atoms with Crippen LogP contribution in [0.1, 0.15) is 33.6 Å². The third-order valence-corrected chi connectivity index (χ3v) is 5.04. The quantitative estimate of drug-likeness (QED) is 0.401. The molecule has 1 saturated heterocycles. The third-order valence-electron chi connectivity index (χ3n) is 5.04. The van der Waals surface area contributed by atoms with Crippen molar-refractivity contribution in [2.75, 3.05) is 32.8 Å². The summed E-state index contributed by atoms with van der Waals surface area (Å²) in [6, 6.07) is 0. The highest BCUT2D eigenvalue weighted by molar-refractivity contribution is 5.41. The van der Waals surface area contributed by atoms with E-state index in [1.165, 1.54) is 18.9 Å². The summed E-state index contributed by atoms with van der Waals surface area (Å²) in [5.41, 5.74) is 3.36. The fraction of sp³-hybridized carbons (Fsp3) is 0.478. The molecule has 0 aromatic carbocycles. The van der Waals surface area contributed by atoms with E-state index in [1.807, 2.05) is 6.08 Å². The molecule has 1 heterocycles. The van der Waals surface area contributed by atoms with Gasteiger partial charge in [-0.2, -0.15) is 0 Å². The van der Waals surface area contributed by atoms with Crippen LogP contribution in [-0.4, -0.2) is 42.6 Å². The average Bonchev–Trinajstić information content (AvgIpc) is 3.48. The van der Waals surface area contributed by atoms with Crippen molar-refractivity contribution in [2.45, 2.75) is 33.6 Å². The van der Waals surface area contributed by atoms with E-state index in [0.29, 0.717) is 5.57 Å². The monoisotopic (exact) mass is 372 g/mol. The molecular weight excluding hydrogens is 339 g/mol. The van der Waals surface area contributed by atoms with Crippen molar-refractivity contribution in [1.29, 1.82) is 0 Å². The van der Waals surface area contributed by atoms with Gasteiger partial charge in [-0.1, -0.05) is 25.8 Å². The zero-order valence-electron chi connectivity index (χ0n) is 17.1. The summed E-state index contributed by atoms with van der Waals surface area (Å²) in [6.07, 6.45) is 7.76. The molecule has 0 aromatic rings. The molecule has 1 aliphatic heterocycles. The van der Waals surface area contributed by atoms with Gasteiger partial charge in [-0.15, -0.1) is 0 Å². The first-order valence-corrected chi connectivity index (χ1v) is 9.68. The summed E-state index contributed by atoms with van der Waals surface area (Å²) in [5.74, 6) is 1.24. The smallest absolute Gasteiger partial charge is 0.122 e. The van der Waals surface area contributed by atoms with E-state index in [1.54, 1.807) is 19.9 Å². The van der Waals surface area contributed by atoms with E-state index in [2.05, 4.69) is 36.5 Å². The van der Waals surface area contributed by atoms with E-state index in [-0.39, 0.29) is 5.83 Å². The van der Waals surface area contributed by atoms with E-state index in [9.17, 15) is 4.39 Å². The van der Waals surface area contributed by atoms with Crippen LogP contribution >= 0.6 is 0 Å². The van der Waals surface area contributed by atoms with Crippen LogP contribution in [0.5, 0.6) is 0 Å². The first-order chi connectivity index (χ1) is 12.8. The molecule has 1 saturated carbocycles. The minimum atomic E-state index is -0.229. The number of rotatable bonds is 9. The maximum atomic E-state index is 14.0. The summed E-state index contributed by atoms with van der Waals surface area (Å²) in [6.45, 7) is 21.8. The normalized spacial score (nSPS) is 18.2. The van der Waals surface area contributed by atoms with Gasteiger partial charge >= 0.3 is 0 Å². The predicted molar refractivity (Wildman–Crippen MR) is 112 cm³/mol. The Labute approximate surface area is 163 Å². The second-order valence-corrected chi connectivity index (χ2v) is 7.58. The highest BCUT2D eigenvalue weighted by Crippen LogP contribution is 2.29. The van der Waals surface area contributed by atoms with Crippen LogP contribution in [-0.2, 0) is 4.74 Å². The van der Waals surface area contributed by atoms with E-state index < -0.39 is 0 Å². The van der Waals surface area contributed by atoms with Crippen LogP contribution in [0.25, 0.3) is 0 Å². The molecule has 27 heavy (non-hydrogen) atoms. The topological polar surface area (TPSA) is 15.7 Å². The van der Waals surface area contributed by atoms with Crippen molar-refractivity contribution >= 4 is 0 Å². The van der Waals surface area contributed by atoms with Crippen LogP contribution in [0.15, 0.2) is 72.1 Å². The molecule has 1 aliphatic carbocycles. The molecule has 3 nitrogen and oxygen atoms in total. The Morgan fingerprint density at radius 1 is 1.04 bits per heavy atom. The van der Waals surface area contributed by atoms with Crippen LogP contribution in [0.2, 0.25) is 0 Å².